The molecule has 0 unspecified atom stereocenters. The lowest BCUT2D eigenvalue weighted by Crippen LogP contribution is -3.00. The van der Waals surface area contributed by atoms with Crippen molar-refractivity contribution in [2.75, 3.05) is 13.6 Å². The predicted molar refractivity (Wildman–Crippen MR) is 88.1 cm³/mol. The lowest BCUT2D eigenvalue weighted by Gasteiger charge is -2.11. The van der Waals surface area contributed by atoms with Crippen LogP contribution in [0.15, 0.2) is 59.5 Å². The first-order chi connectivity index (χ1) is 9.90. The SMILES string of the molecule is CNCC/C=C1/c2ccccc2CSc2ccccc21.[Cl-]. The van der Waals surface area contributed by atoms with Gasteiger partial charge in [-0.3, -0.25) is 0 Å². The van der Waals surface area contributed by atoms with Gasteiger partial charge in [0.05, 0.1) is 0 Å². The Morgan fingerprint density at radius 2 is 1.76 bits per heavy atom. The zero-order valence-electron chi connectivity index (χ0n) is 12.1. The maximum atomic E-state index is 3.22. The third-order valence-corrected chi connectivity index (χ3v) is 4.73. The molecule has 2 aromatic carbocycles. The van der Waals surface area contributed by atoms with E-state index in [1.807, 2.05) is 18.8 Å². The fourth-order valence-corrected chi connectivity index (χ4v) is 3.68. The van der Waals surface area contributed by atoms with E-state index in [-0.39, 0.29) is 12.4 Å². The summed E-state index contributed by atoms with van der Waals surface area (Å²) in [5.74, 6) is 1.05. The highest BCUT2D eigenvalue weighted by Crippen LogP contribution is 2.39. The van der Waals surface area contributed by atoms with Crippen LogP contribution in [-0.4, -0.2) is 13.6 Å². The fraction of sp³-hybridized carbons (Fsp3) is 0.222. The lowest BCUT2D eigenvalue weighted by molar-refractivity contribution is -0.00000395. The number of thioether (sulfide) groups is 1. The van der Waals surface area contributed by atoms with E-state index in [2.05, 4.69) is 59.9 Å². The van der Waals surface area contributed by atoms with Crippen molar-refractivity contribution in [3.63, 3.8) is 0 Å². The minimum Gasteiger partial charge on any atom is -1.00 e. The first kappa shape index (κ1) is 16.2. The molecule has 3 rings (SSSR count). The van der Waals surface area contributed by atoms with Crippen LogP contribution in [0, 0.1) is 0 Å². The molecule has 110 valence electrons. The van der Waals surface area contributed by atoms with Crippen LogP contribution in [0.4, 0.5) is 0 Å². The van der Waals surface area contributed by atoms with Gasteiger partial charge in [-0.1, -0.05) is 48.5 Å². The average Bonchev–Trinajstić information content (AvgIpc) is 2.66. The molecule has 1 nitrogen and oxygen atoms in total. The van der Waals surface area contributed by atoms with E-state index in [9.17, 15) is 0 Å². The summed E-state index contributed by atoms with van der Waals surface area (Å²) in [6, 6.07) is 17.5. The van der Waals surface area contributed by atoms with Crippen molar-refractivity contribution in [3.05, 3.63) is 71.3 Å². The summed E-state index contributed by atoms with van der Waals surface area (Å²) in [6.07, 6.45) is 3.43. The molecule has 0 fully saturated rings. The van der Waals surface area contributed by atoms with Gasteiger partial charge < -0.3 is 17.7 Å². The first-order valence-corrected chi connectivity index (χ1v) is 8.04. The molecule has 0 atom stereocenters. The van der Waals surface area contributed by atoms with Crippen molar-refractivity contribution in [2.45, 2.75) is 17.1 Å². The van der Waals surface area contributed by atoms with Crippen LogP contribution in [0.1, 0.15) is 23.1 Å². The molecule has 0 radical (unpaired) electrons. The molecule has 3 heteroatoms. The lowest BCUT2D eigenvalue weighted by atomic mass is 9.93. The maximum absolute atomic E-state index is 3.22. The van der Waals surface area contributed by atoms with Crippen molar-refractivity contribution in [3.8, 4) is 0 Å². The Kier molecular flexibility index (Phi) is 5.92. The predicted octanol–water partition coefficient (Wildman–Crippen LogP) is 1.34. The molecule has 1 aliphatic rings. The molecule has 2 aromatic rings. The summed E-state index contributed by atoms with van der Waals surface area (Å²) in [6.45, 7) is 1.01. The maximum Gasteiger partial charge on any atom is 0.0238 e. The second kappa shape index (κ2) is 7.69. The van der Waals surface area contributed by atoms with Crippen LogP contribution in [0.25, 0.3) is 5.57 Å². The van der Waals surface area contributed by atoms with Crippen molar-refractivity contribution in [2.24, 2.45) is 0 Å². The Morgan fingerprint density at radius 1 is 1.05 bits per heavy atom. The van der Waals surface area contributed by atoms with Crippen LogP contribution >= 0.6 is 11.8 Å². The minimum atomic E-state index is 0. The van der Waals surface area contributed by atoms with Gasteiger partial charge in [-0.15, -0.1) is 11.8 Å². The van der Waals surface area contributed by atoms with Gasteiger partial charge in [-0.05, 0) is 48.3 Å². The fourth-order valence-electron chi connectivity index (χ4n) is 2.61. The van der Waals surface area contributed by atoms with E-state index in [1.165, 1.54) is 27.2 Å². The highest BCUT2D eigenvalue weighted by atomic mass is 35.5. The molecular formula is C18H19ClNS-. The highest BCUT2D eigenvalue weighted by molar-refractivity contribution is 7.98. The average molecular weight is 317 g/mol. The Bertz CT molecular complexity index is 587. The number of benzene rings is 2. The Balaban J connectivity index is 0.00000161. The van der Waals surface area contributed by atoms with Crippen molar-refractivity contribution in [1.29, 1.82) is 0 Å². The summed E-state index contributed by atoms with van der Waals surface area (Å²) in [4.78, 5) is 1.39. The minimum absolute atomic E-state index is 0. The van der Waals surface area contributed by atoms with Crippen LogP contribution in [0.5, 0.6) is 0 Å². The van der Waals surface area contributed by atoms with Gasteiger partial charge in [0.15, 0.2) is 0 Å². The normalized spacial score (nSPS) is 14.8. The third kappa shape index (κ3) is 3.52. The van der Waals surface area contributed by atoms with E-state index in [1.54, 1.807) is 0 Å². The van der Waals surface area contributed by atoms with E-state index >= 15 is 0 Å². The topological polar surface area (TPSA) is 12.0 Å². The number of nitrogens with one attached hydrogen (secondary N) is 1. The number of hydrogen-bond donors (Lipinski definition) is 1. The van der Waals surface area contributed by atoms with Crippen molar-refractivity contribution >= 4 is 17.3 Å². The number of halogens is 1. The van der Waals surface area contributed by atoms with Gasteiger partial charge in [0.1, 0.15) is 0 Å². The quantitative estimate of drug-likeness (QED) is 0.858. The Labute approximate surface area is 137 Å². The zero-order valence-corrected chi connectivity index (χ0v) is 13.7. The summed E-state index contributed by atoms with van der Waals surface area (Å²) in [7, 11) is 2.00. The molecule has 0 bridgehead atoms. The Hall–Kier alpha value is -1.22. The number of hydrogen-bond acceptors (Lipinski definition) is 2. The summed E-state index contributed by atoms with van der Waals surface area (Å²) in [5, 5.41) is 3.22. The highest BCUT2D eigenvalue weighted by Gasteiger charge is 2.17. The number of rotatable bonds is 3. The molecule has 1 N–H and O–H groups in total. The Morgan fingerprint density at radius 3 is 2.57 bits per heavy atom. The number of fused-ring (bicyclic) bond motifs is 2. The van der Waals surface area contributed by atoms with Gasteiger partial charge in [0.25, 0.3) is 0 Å². The monoisotopic (exact) mass is 316 g/mol. The second-order valence-electron chi connectivity index (χ2n) is 4.95. The van der Waals surface area contributed by atoms with Crippen LogP contribution < -0.4 is 17.7 Å². The van der Waals surface area contributed by atoms with Crippen LogP contribution in [0.3, 0.4) is 0 Å². The van der Waals surface area contributed by atoms with Gasteiger partial charge in [0, 0.05) is 10.6 Å². The van der Waals surface area contributed by atoms with Crippen molar-refractivity contribution < 1.29 is 12.4 Å². The molecule has 0 saturated carbocycles. The molecule has 1 aliphatic heterocycles. The van der Waals surface area contributed by atoms with E-state index in [0.717, 1.165) is 18.7 Å². The molecule has 0 aliphatic carbocycles. The third-order valence-electron chi connectivity index (χ3n) is 3.61. The van der Waals surface area contributed by atoms with E-state index in [0.29, 0.717) is 0 Å². The van der Waals surface area contributed by atoms with Crippen LogP contribution in [0.2, 0.25) is 0 Å². The summed E-state index contributed by atoms with van der Waals surface area (Å²) in [5.41, 5.74) is 5.58. The smallest absolute Gasteiger partial charge is 0.0238 e. The molecule has 21 heavy (non-hydrogen) atoms. The molecule has 0 amide bonds. The van der Waals surface area contributed by atoms with E-state index < -0.39 is 0 Å². The molecule has 0 aromatic heterocycles. The molecule has 0 spiro atoms. The van der Waals surface area contributed by atoms with Crippen molar-refractivity contribution in [1.82, 2.24) is 5.32 Å². The van der Waals surface area contributed by atoms with Gasteiger partial charge in [-0.25, -0.2) is 0 Å². The second-order valence-corrected chi connectivity index (χ2v) is 5.97. The molecular weight excluding hydrogens is 298 g/mol. The molecule has 0 saturated heterocycles. The summed E-state index contributed by atoms with van der Waals surface area (Å²) >= 11 is 1.94. The van der Waals surface area contributed by atoms with Gasteiger partial charge in [0.2, 0.25) is 0 Å². The zero-order chi connectivity index (χ0) is 13.8. The molecule has 1 heterocycles. The summed E-state index contributed by atoms with van der Waals surface area (Å²) < 4.78 is 0. The van der Waals surface area contributed by atoms with Gasteiger partial charge >= 0.3 is 0 Å². The first-order valence-electron chi connectivity index (χ1n) is 7.05. The van der Waals surface area contributed by atoms with Gasteiger partial charge in [-0.2, -0.15) is 0 Å². The van der Waals surface area contributed by atoms with E-state index in [4.69, 9.17) is 0 Å². The van der Waals surface area contributed by atoms with Crippen LogP contribution in [-0.2, 0) is 5.75 Å². The standard InChI is InChI=1S/C18H19NS.ClH/c1-19-12-6-10-16-15-8-3-2-7-14(15)13-20-18-11-5-4-9-17(16)18;/h2-5,7-11,19H,6,12-13H2,1H3;1H/p-1/b16-10-;. The largest absolute Gasteiger partial charge is 1.00 e.